The number of fused-ring (bicyclic) bond motifs is 2. The Morgan fingerprint density at radius 3 is 2.95 bits per heavy atom. The van der Waals surface area contributed by atoms with E-state index in [1.54, 1.807) is 6.08 Å². The highest BCUT2D eigenvalue weighted by Gasteiger charge is 2.55. The van der Waals surface area contributed by atoms with Crippen molar-refractivity contribution in [3.63, 3.8) is 0 Å². The Kier molecular flexibility index (Phi) is 2.56. The Balaban J connectivity index is 2.26. The second kappa shape index (κ2) is 4.12. The number of ether oxygens (including phenoxy) is 1. The summed E-state index contributed by atoms with van der Waals surface area (Å²) in [6.45, 7) is 6.00. The van der Waals surface area contributed by atoms with Crippen molar-refractivity contribution in [1.82, 2.24) is 5.32 Å². The number of para-hydroxylation sites is 1. The molecule has 1 amide bonds. The van der Waals surface area contributed by atoms with Gasteiger partial charge in [0.2, 0.25) is 5.91 Å². The first kappa shape index (κ1) is 11.8. The molecule has 1 atom stereocenters. The molecule has 1 aromatic rings. The van der Waals surface area contributed by atoms with Crippen molar-refractivity contribution < 1.29 is 9.53 Å². The summed E-state index contributed by atoms with van der Waals surface area (Å²) in [4.78, 5) is 12.5. The van der Waals surface area contributed by atoms with E-state index in [-0.39, 0.29) is 5.91 Å². The summed E-state index contributed by atoms with van der Waals surface area (Å²) in [5.41, 5.74) is 1.97. The van der Waals surface area contributed by atoms with Crippen molar-refractivity contribution in [2.45, 2.75) is 12.3 Å². The molecule has 3 nitrogen and oxygen atoms in total. The first-order valence-electron chi connectivity index (χ1n) is 6.27. The van der Waals surface area contributed by atoms with Gasteiger partial charge in [-0.3, -0.25) is 4.79 Å². The highest BCUT2D eigenvalue weighted by Crippen LogP contribution is 2.48. The molecule has 2 aliphatic rings. The monoisotopic (exact) mass is 253 g/mol. The van der Waals surface area contributed by atoms with Crippen molar-refractivity contribution in [1.29, 1.82) is 0 Å². The lowest BCUT2D eigenvalue weighted by atomic mass is 9.76. The molecule has 1 aromatic carbocycles. The van der Waals surface area contributed by atoms with E-state index >= 15 is 0 Å². The van der Waals surface area contributed by atoms with Crippen molar-refractivity contribution in [2.24, 2.45) is 0 Å². The third-order valence-electron chi connectivity index (χ3n) is 3.75. The Labute approximate surface area is 112 Å². The zero-order chi connectivity index (χ0) is 13.5. The minimum atomic E-state index is -0.730. The van der Waals surface area contributed by atoms with Gasteiger partial charge in [0.15, 0.2) is 0 Å². The number of benzene rings is 1. The summed E-state index contributed by atoms with van der Waals surface area (Å²) >= 11 is 0. The molecule has 0 saturated carbocycles. The molecule has 2 heterocycles. The zero-order valence-corrected chi connectivity index (χ0v) is 10.8. The number of rotatable bonds is 1. The van der Waals surface area contributed by atoms with E-state index in [4.69, 9.17) is 4.74 Å². The van der Waals surface area contributed by atoms with Crippen molar-refractivity contribution in [3.05, 3.63) is 65.9 Å². The fraction of sp³-hybridized carbons (Fsp3) is 0.188. The first-order valence-corrected chi connectivity index (χ1v) is 6.27. The fourth-order valence-electron chi connectivity index (χ4n) is 2.85. The second-order valence-corrected chi connectivity index (χ2v) is 4.66. The normalized spacial score (nSPS) is 28.6. The number of hydrogen-bond donors (Lipinski definition) is 1. The van der Waals surface area contributed by atoms with Crippen molar-refractivity contribution in [3.8, 4) is 5.75 Å². The first-order chi connectivity index (χ1) is 9.24. The molecule has 96 valence electrons. The minimum absolute atomic E-state index is 0.0290. The number of amides is 1. The summed E-state index contributed by atoms with van der Waals surface area (Å²) in [5, 5.41) is 2.94. The molecular weight excluding hydrogens is 238 g/mol. The van der Waals surface area contributed by atoms with Crippen LogP contribution in [0.5, 0.6) is 5.75 Å². The summed E-state index contributed by atoms with van der Waals surface area (Å²) in [7, 11) is 0. The molecule has 0 radical (unpaired) electrons. The second-order valence-electron chi connectivity index (χ2n) is 4.66. The lowest BCUT2D eigenvalue weighted by Crippen LogP contribution is -2.37. The fourth-order valence-corrected chi connectivity index (χ4v) is 2.85. The molecule has 3 heteroatoms. The van der Waals surface area contributed by atoms with E-state index in [1.807, 2.05) is 43.3 Å². The van der Waals surface area contributed by atoms with Crippen LogP contribution in [0.25, 0.3) is 0 Å². The van der Waals surface area contributed by atoms with Gasteiger partial charge in [0.25, 0.3) is 0 Å². The van der Waals surface area contributed by atoms with Gasteiger partial charge in [0, 0.05) is 11.3 Å². The standard InChI is InChI=1S/C16H15NO2/c1-3-7-11-13(4-2)17-15(18)16(11)10-19-14-9-6-5-8-12(14)16/h3-9H,1,10H2,2H3,(H,17,18)/b11-7+,13-4+/t16-/m0/s1. The van der Waals surface area contributed by atoms with Gasteiger partial charge in [-0.2, -0.15) is 0 Å². The van der Waals surface area contributed by atoms with E-state index in [1.165, 1.54) is 0 Å². The average molecular weight is 253 g/mol. The summed E-state index contributed by atoms with van der Waals surface area (Å²) in [6.07, 6.45) is 5.50. The van der Waals surface area contributed by atoms with E-state index in [9.17, 15) is 4.79 Å². The van der Waals surface area contributed by atoms with Gasteiger partial charge >= 0.3 is 0 Å². The Morgan fingerprint density at radius 1 is 1.42 bits per heavy atom. The van der Waals surface area contributed by atoms with Gasteiger partial charge in [-0.15, -0.1) is 0 Å². The highest BCUT2D eigenvalue weighted by molar-refractivity contribution is 6.00. The topological polar surface area (TPSA) is 38.3 Å². The molecule has 2 aliphatic heterocycles. The van der Waals surface area contributed by atoms with Crippen LogP contribution in [0.1, 0.15) is 12.5 Å². The van der Waals surface area contributed by atoms with Crippen LogP contribution in [-0.2, 0) is 10.2 Å². The lowest BCUT2D eigenvalue weighted by Gasteiger charge is -2.20. The van der Waals surface area contributed by atoms with Crippen molar-refractivity contribution in [2.75, 3.05) is 6.61 Å². The molecule has 0 aromatic heterocycles. The maximum absolute atomic E-state index is 12.5. The van der Waals surface area contributed by atoms with Gasteiger partial charge in [-0.25, -0.2) is 0 Å². The third-order valence-corrected chi connectivity index (χ3v) is 3.75. The van der Waals surface area contributed by atoms with E-state index < -0.39 is 5.41 Å². The summed E-state index contributed by atoms with van der Waals surface area (Å²) in [6, 6.07) is 7.70. The number of hydrogen-bond acceptors (Lipinski definition) is 2. The minimum Gasteiger partial charge on any atom is -0.491 e. The molecule has 3 rings (SSSR count). The van der Waals surface area contributed by atoms with Crippen LogP contribution in [-0.4, -0.2) is 12.5 Å². The maximum Gasteiger partial charge on any atom is 0.243 e. The summed E-state index contributed by atoms with van der Waals surface area (Å²) in [5.74, 6) is 0.753. The van der Waals surface area contributed by atoms with Crippen LogP contribution in [0.15, 0.2) is 60.3 Å². The molecule has 0 bridgehead atoms. The Bertz CT molecular complexity index is 627. The summed E-state index contributed by atoms with van der Waals surface area (Å²) < 4.78 is 5.71. The van der Waals surface area contributed by atoms with Crippen molar-refractivity contribution >= 4 is 5.91 Å². The number of carbonyl (C=O) groups is 1. The van der Waals surface area contributed by atoms with Crippen LogP contribution >= 0.6 is 0 Å². The molecule has 0 aliphatic carbocycles. The van der Waals surface area contributed by atoms with Gasteiger partial charge in [-0.05, 0) is 18.6 Å². The number of allylic oxidation sites excluding steroid dienone is 4. The van der Waals surface area contributed by atoms with Gasteiger partial charge in [-0.1, -0.05) is 43.0 Å². The van der Waals surface area contributed by atoms with Crippen LogP contribution in [0.4, 0.5) is 0 Å². The molecule has 1 spiro atoms. The molecule has 1 fully saturated rings. The molecule has 19 heavy (non-hydrogen) atoms. The van der Waals surface area contributed by atoms with Crippen LogP contribution in [0, 0.1) is 0 Å². The van der Waals surface area contributed by atoms with Crippen LogP contribution in [0.3, 0.4) is 0 Å². The van der Waals surface area contributed by atoms with E-state index in [2.05, 4.69) is 11.9 Å². The quantitative estimate of drug-likeness (QED) is 0.835. The number of carbonyl (C=O) groups excluding carboxylic acids is 1. The largest absolute Gasteiger partial charge is 0.491 e. The van der Waals surface area contributed by atoms with E-state index in [0.29, 0.717) is 6.61 Å². The molecular formula is C16H15NO2. The van der Waals surface area contributed by atoms with Crippen LogP contribution < -0.4 is 10.1 Å². The Morgan fingerprint density at radius 2 is 2.21 bits per heavy atom. The highest BCUT2D eigenvalue weighted by atomic mass is 16.5. The smallest absolute Gasteiger partial charge is 0.243 e. The molecule has 1 saturated heterocycles. The Hall–Kier alpha value is -2.29. The van der Waals surface area contributed by atoms with Gasteiger partial charge in [0.05, 0.1) is 0 Å². The lowest BCUT2D eigenvalue weighted by molar-refractivity contribution is -0.123. The predicted octanol–water partition coefficient (Wildman–Crippen LogP) is 2.46. The van der Waals surface area contributed by atoms with Gasteiger partial charge < -0.3 is 10.1 Å². The third kappa shape index (κ3) is 1.41. The predicted molar refractivity (Wildman–Crippen MR) is 73.8 cm³/mol. The number of nitrogens with one attached hydrogen (secondary N) is 1. The van der Waals surface area contributed by atoms with Gasteiger partial charge in [0.1, 0.15) is 17.8 Å². The van der Waals surface area contributed by atoms with E-state index in [0.717, 1.165) is 22.6 Å². The molecule has 1 N–H and O–H groups in total. The van der Waals surface area contributed by atoms with Crippen LogP contribution in [0.2, 0.25) is 0 Å². The zero-order valence-electron chi connectivity index (χ0n) is 10.8. The maximum atomic E-state index is 12.5. The average Bonchev–Trinajstić information content (AvgIpc) is 2.94. The molecule has 0 unspecified atom stereocenters. The SMILES string of the molecule is C=C/C=C1\C(=C/C)NC(=O)[C@@]12COc1ccccc12.